The molecule has 1 saturated carbocycles. The summed E-state index contributed by atoms with van der Waals surface area (Å²) in [6.07, 6.45) is 6.61. The quantitative estimate of drug-likeness (QED) is 0.805. The SMILES string of the molecule is Cc1ccc(CN2CC[C@@H]3OCCC[C@@]3(COCC3CC3)C2)o1. The minimum Gasteiger partial charge on any atom is -0.465 e. The predicted molar refractivity (Wildman–Crippen MR) is 88.3 cm³/mol. The first-order valence-electron chi connectivity index (χ1n) is 9.21. The standard InChI is InChI=1S/C19H29NO3/c1-15-3-6-17(23-15)11-20-9-7-18-19(13-20,8-2-10-22-18)14-21-12-16-4-5-16/h3,6,16,18H,2,4-5,7-14H2,1H3/t18-,19-/m0/s1. The lowest BCUT2D eigenvalue weighted by atomic mass is 9.73. The molecule has 1 aromatic heterocycles. The van der Waals surface area contributed by atoms with Crippen LogP contribution in [0.15, 0.2) is 16.5 Å². The minimum atomic E-state index is 0.188. The fourth-order valence-corrected chi connectivity index (χ4v) is 4.23. The number of aryl methyl sites for hydroxylation is 1. The molecule has 4 nitrogen and oxygen atoms in total. The van der Waals surface area contributed by atoms with Crippen molar-refractivity contribution in [3.63, 3.8) is 0 Å². The van der Waals surface area contributed by atoms with Crippen molar-refractivity contribution in [2.75, 3.05) is 32.9 Å². The second-order valence-electron chi connectivity index (χ2n) is 7.80. The summed E-state index contributed by atoms with van der Waals surface area (Å²) in [6.45, 7) is 7.82. The molecule has 0 amide bonds. The van der Waals surface area contributed by atoms with E-state index in [2.05, 4.69) is 17.0 Å². The summed E-state index contributed by atoms with van der Waals surface area (Å²) in [7, 11) is 0. The highest BCUT2D eigenvalue weighted by molar-refractivity contribution is 5.06. The number of hydrogen-bond acceptors (Lipinski definition) is 4. The Kier molecular flexibility index (Phi) is 4.48. The van der Waals surface area contributed by atoms with Crippen molar-refractivity contribution in [1.82, 2.24) is 4.90 Å². The number of furan rings is 1. The van der Waals surface area contributed by atoms with Crippen LogP contribution in [0.25, 0.3) is 0 Å². The molecular formula is C19H29NO3. The summed E-state index contributed by atoms with van der Waals surface area (Å²) >= 11 is 0. The molecule has 0 bridgehead atoms. The van der Waals surface area contributed by atoms with Gasteiger partial charge < -0.3 is 13.9 Å². The van der Waals surface area contributed by atoms with Crippen molar-refractivity contribution in [2.45, 2.75) is 51.7 Å². The molecule has 0 aromatic carbocycles. The molecule has 0 spiro atoms. The van der Waals surface area contributed by atoms with Crippen LogP contribution in [-0.4, -0.2) is 43.9 Å². The van der Waals surface area contributed by atoms with Crippen LogP contribution in [0, 0.1) is 18.3 Å². The smallest absolute Gasteiger partial charge is 0.118 e. The molecular weight excluding hydrogens is 290 g/mol. The largest absolute Gasteiger partial charge is 0.465 e. The van der Waals surface area contributed by atoms with Crippen LogP contribution in [0.2, 0.25) is 0 Å². The van der Waals surface area contributed by atoms with Crippen LogP contribution in [0.3, 0.4) is 0 Å². The van der Waals surface area contributed by atoms with Gasteiger partial charge in [-0.2, -0.15) is 0 Å². The van der Waals surface area contributed by atoms with Crippen LogP contribution in [0.4, 0.5) is 0 Å². The number of fused-ring (bicyclic) bond motifs is 1. The molecule has 3 heterocycles. The molecule has 0 N–H and O–H groups in total. The van der Waals surface area contributed by atoms with Crippen LogP contribution >= 0.6 is 0 Å². The van der Waals surface area contributed by atoms with E-state index in [1.54, 1.807) is 0 Å². The maximum atomic E-state index is 6.13. The lowest BCUT2D eigenvalue weighted by Gasteiger charge is -2.50. The minimum absolute atomic E-state index is 0.188. The summed E-state index contributed by atoms with van der Waals surface area (Å²) in [5, 5.41) is 0. The van der Waals surface area contributed by atoms with Gasteiger partial charge in [0.1, 0.15) is 11.5 Å². The Labute approximate surface area is 139 Å². The predicted octanol–water partition coefficient (Wildman–Crippen LogP) is 3.39. The zero-order valence-electron chi connectivity index (χ0n) is 14.3. The number of likely N-dealkylation sites (tertiary alicyclic amines) is 1. The fourth-order valence-electron chi connectivity index (χ4n) is 4.23. The second-order valence-corrected chi connectivity index (χ2v) is 7.80. The van der Waals surface area contributed by atoms with Gasteiger partial charge >= 0.3 is 0 Å². The highest BCUT2D eigenvalue weighted by atomic mass is 16.5. The molecule has 4 rings (SSSR count). The third-order valence-corrected chi connectivity index (χ3v) is 5.68. The van der Waals surface area contributed by atoms with E-state index in [1.807, 2.05) is 6.92 Å². The van der Waals surface area contributed by atoms with Gasteiger partial charge in [0, 0.05) is 31.7 Å². The molecule has 0 unspecified atom stereocenters. The summed E-state index contributed by atoms with van der Waals surface area (Å²) < 4.78 is 18.0. The van der Waals surface area contributed by atoms with Crippen LogP contribution in [0.5, 0.6) is 0 Å². The molecule has 4 heteroatoms. The normalized spacial score (nSPS) is 32.0. The molecule has 128 valence electrons. The maximum absolute atomic E-state index is 6.13. The van der Waals surface area contributed by atoms with Crippen molar-refractivity contribution in [3.05, 3.63) is 23.7 Å². The van der Waals surface area contributed by atoms with Gasteiger partial charge in [0.05, 0.1) is 19.3 Å². The monoisotopic (exact) mass is 319 g/mol. The van der Waals surface area contributed by atoms with Crippen LogP contribution in [0.1, 0.15) is 43.6 Å². The van der Waals surface area contributed by atoms with E-state index in [9.17, 15) is 0 Å². The summed E-state index contributed by atoms with van der Waals surface area (Å²) in [5.41, 5.74) is 0.188. The van der Waals surface area contributed by atoms with Gasteiger partial charge in [-0.05, 0) is 57.1 Å². The number of hydrogen-bond donors (Lipinski definition) is 0. The fraction of sp³-hybridized carbons (Fsp3) is 0.789. The molecule has 3 fully saturated rings. The van der Waals surface area contributed by atoms with Gasteiger partial charge in [0.15, 0.2) is 0 Å². The topological polar surface area (TPSA) is 34.8 Å². The average molecular weight is 319 g/mol. The molecule has 0 radical (unpaired) electrons. The van der Waals surface area contributed by atoms with E-state index in [0.717, 1.165) is 69.7 Å². The van der Waals surface area contributed by atoms with E-state index >= 15 is 0 Å². The van der Waals surface area contributed by atoms with E-state index < -0.39 is 0 Å². The van der Waals surface area contributed by atoms with Gasteiger partial charge in [0.25, 0.3) is 0 Å². The second kappa shape index (κ2) is 6.58. The Bertz CT molecular complexity index is 524. The van der Waals surface area contributed by atoms with Gasteiger partial charge in [-0.3, -0.25) is 4.90 Å². The summed E-state index contributed by atoms with van der Waals surface area (Å²) in [5.74, 6) is 2.91. The Hall–Kier alpha value is -0.840. The maximum Gasteiger partial charge on any atom is 0.118 e. The Morgan fingerprint density at radius 3 is 3.00 bits per heavy atom. The van der Waals surface area contributed by atoms with E-state index in [1.165, 1.54) is 19.3 Å². The Morgan fingerprint density at radius 2 is 2.22 bits per heavy atom. The molecule has 1 aromatic rings. The van der Waals surface area contributed by atoms with E-state index in [4.69, 9.17) is 13.9 Å². The first kappa shape index (κ1) is 15.7. The molecule has 2 saturated heterocycles. The molecule has 1 aliphatic carbocycles. The van der Waals surface area contributed by atoms with Gasteiger partial charge in [0.2, 0.25) is 0 Å². The molecule has 2 atom stereocenters. The molecule has 3 aliphatic rings. The van der Waals surface area contributed by atoms with Crippen molar-refractivity contribution >= 4 is 0 Å². The number of piperidine rings is 1. The average Bonchev–Trinajstić information content (AvgIpc) is 3.28. The zero-order valence-corrected chi connectivity index (χ0v) is 14.3. The summed E-state index contributed by atoms with van der Waals surface area (Å²) in [6, 6.07) is 4.16. The highest BCUT2D eigenvalue weighted by Crippen LogP contribution is 2.41. The van der Waals surface area contributed by atoms with Crippen molar-refractivity contribution in [2.24, 2.45) is 11.3 Å². The van der Waals surface area contributed by atoms with Crippen LogP contribution in [-0.2, 0) is 16.0 Å². The van der Waals surface area contributed by atoms with Gasteiger partial charge in [-0.25, -0.2) is 0 Å². The van der Waals surface area contributed by atoms with Crippen molar-refractivity contribution in [1.29, 1.82) is 0 Å². The lowest BCUT2D eigenvalue weighted by molar-refractivity contribution is -0.155. The highest BCUT2D eigenvalue weighted by Gasteiger charge is 2.46. The zero-order chi connectivity index (χ0) is 15.7. The first-order chi connectivity index (χ1) is 11.2. The lowest BCUT2D eigenvalue weighted by Crippen LogP contribution is -2.56. The third kappa shape index (κ3) is 3.65. The Morgan fingerprint density at radius 1 is 1.30 bits per heavy atom. The molecule has 2 aliphatic heterocycles. The number of ether oxygens (including phenoxy) is 2. The number of nitrogens with zero attached hydrogens (tertiary/aromatic N) is 1. The first-order valence-corrected chi connectivity index (χ1v) is 9.21. The third-order valence-electron chi connectivity index (χ3n) is 5.68. The molecule has 23 heavy (non-hydrogen) atoms. The van der Waals surface area contributed by atoms with Gasteiger partial charge in [-0.15, -0.1) is 0 Å². The van der Waals surface area contributed by atoms with E-state index in [0.29, 0.717) is 6.10 Å². The van der Waals surface area contributed by atoms with Crippen molar-refractivity contribution < 1.29 is 13.9 Å². The van der Waals surface area contributed by atoms with Gasteiger partial charge in [-0.1, -0.05) is 0 Å². The number of rotatable bonds is 6. The van der Waals surface area contributed by atoms with Crippen LogP contribution < -0.4 is 0 Å². The van der Waals surface area contributed by atoms with Crippen molar-refractivity contribution in [3.8, 4) is 0 Å². The Balaban J connectivity index is 1.40. The summed E-state index contributed by atoms with van der Waals surface area (Å²) in [4.78, 5) is 2.53. The van der Waals surface area contributed by atoms with E-state index in [-0.39, 0.29) is 5.41 Å².